The highest BCUT2D eigenvalue weighted by molar-refractivity contribution is 7.90. The Kier molecular flexibility index (Phi) is 4.63. The minimum atomic E-state index is -3.32. The van der Waals surface area contributed by atoms with Crippen LogP contribution in [-0.2, 0) is 9.84 Å². The molecule has 4 rings (SSSR count). The van der Waals surface area contributed by atoms with E-state index in [0.29, 0.717) is 28.2 Å². The van der Waals surface area contributed by atoms with Crippen molar-refractivity contribution in [2.75, 3.05) is 23.5 Å². The summed E-state index contributed by atoms with van der Waals surface area (Å²) in [6.07, 6.45) is 2.71. The number of nitrogens with zero attached hydrogens (tertiary/aromatic N) is 4. The largest absolute Gasteiger partial charge is 0.324 e. The lowest BCUT2D eigenvalue weighted by atomic mass is 10.2. The highest BCUT2D eigenvalue weighted by Crippen LogP contribution is 2.29. The van der Waals surface area contributed by atoms with Gasteiger partial charge in [0.25, 0.3) is 0 Å². The van der Waals surface area contributed by atoms with Crippen molar-refractivity contribution in [3.05, 3.63) is 60.5 Å². The Labute approximate surface area is 166 Å². The zero-order chi connectivity index (χ0) is 20.6. The fraction of sp³-hybridized carbons (Fsp3) is 0.105. The van der Waals surface area contributed by atoms with Gasteiger partial charge >= 0.3 is 0 Å². The second-order valence-corrected chi connectivity index (χ2v) is 8.48. The number of aromatic nitrogens is 4. The number of hydrogen-bond acceptors (Lipinski definition) is 7. The van der Waals surface area contributed by atoms with E-state index in [9.17, 15) is 12.8 Å². The third-order valence-corrected chi connectivity index (χ3v) is 5.44. The van der Waals surface area contributed by atoms with Crippen LogP contribution in [0.5, 0.6) is 0 Å². The average Bonchev–Trinajstić information content (AvgIpc) is 3.10. The van der Waals surface area contributed by atoms with E-state index in [1.807, 2.05) is 0 Å². The number of halogens is 1. The van der Waals surface area contributed by atoms with Crippen molar-refractivity contribution in [3.8, 4) is 0 Å². The van der Waals surface area contributed by atoms with Crippen molar-refractivity contribution in [3.63, 3.8) is 0 Å². The van der Waals surface area contributed by atoms with Gasteiger partial charge in [-0.25, -0.2) is 17.8 Å². The van der Waals surface area contributed by atoms with Crippen LogP contribution in [0.2, 0.25) is 0 Å². The lowest BCUT2D eigenvalue weighted by Gasteiger charge is -2.16. The first kappa shape index (κ1) is 18.8. The van der Waals surface area contributed by atoms with Crippen LogP contribution >= 0.6 is 0 Å². The monoisotopic (exact) mass is 412 g/mol. The minimum absolute atomic E-state index is 0.195. The Hall–Kier alpha value is -3.53. The molecule has 0 saturated heterocycles. The van der Waals surface area contributed by atoms with Crippen molar-refractivity contribution in [2.24, 2.45) is 0 Å². The molecule has 4 aromatic rings. The molecule has 29 heavy (non-hydrogen) atoms. The molecule has 0 atom stereocenters. The summed E-state index contributed by atoms with van der Waals surface area (Å²) < 4.78 is 37.1. The molecule has 0 radical (unpaired) electrons. The van der Waals surface area contributed by atoms with Gasteiger partial charge in [0.2, 0.25) is 5.95 Å². The Morgan fingerprint density at radius 1 is 1.14 bits per heavy atom. The minimum Gasteiger partial charge on any atom is -0.324 e. The standard InChI is InChI=1S/C19H17FN6O2S/c1-26(18-15-10-12(20)6-7-16(15)24-25-18)17-8-9-21-19(23-17)22-13-4-3-5-14(11-13)29(2,27)28/h3-11H,1-2H3,(H,24,25)(H,21,22,23). The molecule has 2 N–H and O–H groups in total. The maximum absolute atomic E-state index is 13.6. The van der Waals surface area contributed by atoms with Gasteiger partial charge in [0.1, 0.15) is 11.6 Å². The first-order valence-corrected chi connectivity index (χ1v) is 10.5. The first-order valence-electron chi connectivity index (χ1n) is 8.59. The molecule has 0 saturated carbocycles. The predicted molar refractivity (Wildman–Crippen MR) is 109 cm³/mol. The lowest BCUT2D eigenvalue weighted by molar-refractivity contribution is 0.602. The summed E-state index contributed by atoms with van der Waals surface area (Å²) in [7, 11) is -1.56. The molecule has 0 amide bonds. The number of aromatic amines is 1. The van der Waals surface area contributed by atoms with E-state index < -0.39 is 9.84 Å². The third kappa shape index (κ3) is 3.87. The molecule has 148 valence electrons. The molecule has 8 nitrogen and oxygen atoms in total. The second kappa shape index (κ2) is 7.13. The van der Waals surface area contributed by atoms with E-state index in [1.54, 1.807) is 42.4 Å². The predicted octanol–water partition coefficient (Wildman–Crippen LogP) is 3.41. The van der Waals surface area contributed by atoms with Crippen LogP contribution in [0.3, 0.4) is 0 Å². The van der Waals surface area contributed by atoms with Crippen LogP contribution in [-0.4, -0.2) is 41.9 Å². The molecule has 0 aliphatic heterocycles. The van der Waals surface area contributed by atoms with E-state index in [1.165, 1.54) is 24.3 Å². The Morgan fingerprint density at radius 3 is 2.76 bits per heavy atom. The maximum Gasteiger partial charge on any atom is 0.229 e. The van der Waals surface area contributed by atoms with Crippen molar-refractivity contribution in [1.29, 1.82) is 0 Å². The van der Waals surface area contributed by atoms with Crippen LogP contribution < -0.4 is 10.2 Å². The highest BCUT2D eigenvalue weighted by Gasteiger charge is 2.15. The van der Waals surface area contributed by atoms with Crippen LogP contribution in [0.25, 0.3) is 10.9 Å². The van der Waals surface area contributed by atoms with Gasteiger partial charge in [-0.2, -0.15) is 10.1 Å². The molecule has 0 fully saturated rings. The Bertz CT molecular complexity index is 1310. The number of benzene rings is 2. The Morgan fingerprint density at radius 2 is 1.97 bits per heavy atom. The van der Waals surface area contributed by atoms with Gasteiger partial charge in [0.05, 0.1) is 10.4 Å². The van der Waals surface area contributed by atoms with Crippen molar-refractivity contribution >= 4 is 44.0 Å². The lowest BCUT2D eigenvalue weighted by Crippen LogP contribution is -2.13. The highest BCUT2D eigenvalue weighted by atomic mass is 32.2. The number of sulfone groups is 1. The SMILES string of the molecule is CN(c1ccnc(Nc2cccc(S(C)(=O)=O)c2)n1)c1n[nH]c2ccc(F)cc12. The van der Waals surface area contributed by atoms with Crippen LogP contribution in [0, 0.1) is 5.82 Å². The van der Waals surface area contributed by atoms with E-state index in [-0.39, 0.29) is 16.7 Å². The van der Waals surface area contributed by atoms with Crippen LogP contribution in [0.15, 0.2) is 59.6 Å². The fourth-order valence-corrected chi connectivity index (χ4v) is 3.53. The maximum atomic E-state index is 13.6. The smallest absolute Gasteiger partial charge is 0.229 e. The van der Waals surface area contributed by atoms with Gasteiger partial charge in [0, 0.05) is 30.6 Å². The molecule has 2 aromatic carbocycles. The summed E-state index contributed by atoms with van der Waals surface area (Å²) in [5, 5.41) is 10.7. The van der Waals surface area contributed by atoms with Gasteiger partial charge in [-0.15, -0.1) is 0 Å². The number of rotatable bonds is 5. The summed E-state index contributed by atoms with van der Waals surface area (Å²) in [6, 6.07) is 12.5. The summed E-state index contributed by atoms with van der Waals surface area (Å²) >= 11 is 0. The molecular weight excluding hydrogens is 395 g/mol. The number of fused-ring (bicyclic) bond motifs is 1. The number of hydrogen-bond donors (Lipinski definition) is 2. The van der Waals surface area contributed by atoms with Crippen molar-refractivity contribution < 1.29 is 12.8 Å². The molecule has 2 aromatic heterocycles. The molecule has 0 spiro atoms. The van der Waals surface area contributed by atoms with Crippen molar-refractivity contribution in [1.82, 2.24) is 20.2 Å². The second-order valence-electron chi connectivity index (χ2n) is 6.46. The molecular formula is C19H17FN6O2S. The van der Waals surface area contributed by atoms with Crippen LogP contribution in [0.4, 0.5) is 27.7 Å². The molecule has 0 aliphatic carbocycles. The van der Waals surface area contributed by atoms with Gasteiger partial charge in [-0.05, 0) is 42.5 Å². The fourth-order valence-electron chi connectivity index (χ4n) is 2.87. The summed E-state index contributed by atoms with van der Waals surface area (Å²) in [5.41, 5.74) is 1.25. The topological polar surface area (TPSA) is 104 Å². The van der Waals surface area contributed by atoms with E-state index >= 15 is 0 Å². The third-order valence-electron chi connectivity index (χ3n) is 4.33. The molecule has 2 heterocycles. The van der Waals surface area contributed by atoms with E-state index in [2.05, 4.69) is 25.5 Å². The molecule has 0 unspecified atom stereocenters. The summed E-state index contributed by atoms with van der Waals surface area (Å²) in [5.74, 6) is 0.970. The van der Waals surface area contributed by atoms with Gasteiger partial charge in [-0.1, -0.05) is 6.07 Å². The number of H-pyrrole nitrogens is 1. The molecule has 10 heteroatoms. The zero-order valence-electron chi connectivity index (χ0n) is 15.6. The summed E-state index contributed by atoms with van der Waals surface area (Å²) in [4.78, 5) is 10.5. The van der Waals surface area contributed by atoms with Gasteiger partial charge in [0.15, 0.2) is 15.7 Å². The van der Waals surface area contributed by atoms with E-state index in [0.717, 1.165) is 6.26 Å². The first-order chi connectivity index (χ1) is 13.8. The summed E-state index contributed by atoms with van der Waals surface area (Å²) in [6.45, 7) is 0. The zero-order valence-corrected chi connectivity index (χ0v) is 16.4. The number of anilines is 4. The van der Waals surface area contributed by atoms with E-state index in [4.69, 9.17) is 0 Å². The molecule has 0 aliphatic rings. The Balaban J connectivity index is 1.64. The molecule has 0 bridgehead atoms. The van der Waals surface area contributed by atoms with Gasteiger partial charge < -0.3 is 10.2 Å². The van der Waals surface area contributed by atoms with Gasteiger partial charge in [-0.3, -0.25) is 5.10 Å². The quantitative estimate of drug-likeness (QED) is 0.518. The average molecular weight is 412 g/mol. The van der Waals surface area contributed by atoms with Crippen LogP contribution in [0.1, 0.15) is 0 Å². The number of nitrogens with one attached hydrogen (secondary N) is 2. The van der Waals surface area contributed by atoms with Crippen molar-refractivity contribution in [2.45, 2.75) is 4.90 Å². The normalized spacial score (nSPS) is 11.6.